The van der Waals surface area contributed by atoms with Gasteiger partial charge in [-0.3, -0.25) is 4.79 Å². The minimum absolute atomic E-state index is 0.0473. The molecule has 1 amide bonds. The summed E-state index contributed by atoms with van der Waals surface area (Å²) in [7, 11) is 1.23. The third-order valence-electron chi connectivity index (χ3n) is 3.69. The van der Waals surface area contributed by atoms with E-state index >= 15 is 0 Å². The molecule has 136 valence electrons. The Hall–Kier alpha value is -2.03. The molecule has 0 aliphatic rings. The van der Waals surface area contributed by atoms with Gasteiger partial charge in [0.05, 0.1) is 5.25 Å². The molecule has 1 heterocycles. The molecule has 1 aromatic heterocycles. The van der Waals surface area contributed by atoms with Crippen molar-refractivity contribution in [1.82, 2.24) is 20.1 Å². The summed E-state index contributed by atoms with van der Waals surface area (Å²) in [6.45, 7) is 4.06. The van der Waals surface area contributed by atoms with E-state index in [0.717, 1.165) is 21.9 Å². The van der Waals surface area contributed by atoms with Gasteiger partial charge in [-0.2, -0.15) is 13.2 Å². The van der Waals surface area contributed by atoms with E-state index in [0.29, 0.717) is 6.54 Å². The number of nitrogens with one attached hydrogen (secondary N) is 1. The van der Waals surface area contributed by atoms with Crippen LogP contribution in [0, 0.1) is 0 Å². The molecular weight excluding hydrogens is 353 g/mol. The second-order valence-electron chi connectivity index (χ2n) is 5.68. The largest absolute Gasteiger partial charge is 0.451 e. The standard InChI is InChI=1S/C16H19F3N4OS/c1-10(12-7-5-4-6-8-12)9-20-13(24)11(2)25-15-22-21-14(23(15)3)16(17,18)19/h4-8,10-11H,9H2,1-3H3,(H,20,24). The molecule has 0 spiro atoms. The first-order valence-electron chi connectivity index (χ1n) is 7.66. The summed E-state index contributed by atoms with van der Waals surface area (Å²) < 4.78 is 39.0. The summed E-state index contributed by atoms with van der Waals surface area (Å²) in [5.41, 5.74) is 1.10. The van der Waals surface area contributed by atoms with Crippen molar-refractivity contribution in [3.05, 3.63) is 41.7 Å². The molecule has 1 aromatic carbocycles. The van der Waals surface area contributed by atoms with E-state index in [2.05, 4.69) is 15.5 Å². The van der Waals surface area contributed by atoms with Crippen LogP contribution in [0.3, 0.4) is 0 Å². The van der Waals surface area contributed by atoms with Crippen molar-refractivity contribution in [3.63, 3.8) is 0 Å². The molecule has 2 aromatic rings. The van der Waals surface area contributed by atoms with Crippen molar-refractivity contribution in [1.29, 1.82) is 0 Å². The van der Waals surface area contributed by atoms with E-state index in [4.69, 9.17) is 0 Å². The van der Waals surface area contributed by atoms with Gasteiger partial charge in [-0.25, -0.2) is 0 Å². The second kappa shape index (κ2) is 7.90. The van der Waals surface area contributed by atoms with Crippen molar-refractivity contribution < 1.29 is 18.0 Å². The molecule has 0 saturated carbocycles. The molecule has 2 unspecified atom stereocenters. The van der Waals surface area contributed by atoms with Gasteiger partial charge >= 0.3 is 6.18 Å². The Morgan fingerprint density at radius 2 is 1.88 bits per heavy atom. The first-order valence-corrected chi connectivity index (χ1v) is 8.54. The quantitative estimate of drug-likeness (QED) is 0.791. The lowest BCUT2D eigenvalue weighted by Gasteiger charge is -2.16. The Morgan fingerprint density at radius 3 is 2.44 bits per heavy atom. The van der Waals surface area contributed by atoms with Crippen LogP contribution in [0.1, 0.15) is 31.2 Å². The smallest absolute Gasteiger partial charge is 0.355 e. The van der Waals surface area contributed by atoms with Crippen LogP contribution >= 0.6 is 11.8 Å². The van der Waals surface area contributed by atoms with Crippen LogP contribution in [0.5, 0.6) is 0 Å². The zero-order chi connectivity index (χ0) is 18.6. The number of amides is 1. The minimum atomic E-state index is -4.57. The van der Waals surface area contributed by atoms with E-state index in [1.807, 2.05) is 37.3 Å². The summed E-state index contributed by atoms with van der Waals surface area (Å²) in [5, 5.41) is 8.95. The average Bonchev–Trinajstić information content (AvgIpc) is 2.94. The monoisotopic (exact) mass is 372 g/mol. The number of alkyl halides is 3. The van der Waals surface area contributed by atoms with Crippen molar-refractivity contribution in [2.24, 2.45) is 7.05 Å². The summed E-state index contributed by atoms with van der Waals surface area (Å²) in [6, 6.07) is 9.74. The summed E-state index contributed by atoms with van der Waals surface area (Å²) >= 11 is 0.940. The highest BCUT2D eigenvalue weighted by atomic mass is 32.2. The molecule has 0 radical (unpaired) electrons. The Bertz CT molecular complexity index is 718. The van der Waals surface area contributed by atoms with E-state index in [1.165, 1.54) is 7.05 Å². The Morgan fingerprint density at radius 1 is 1.24 bits per heavy atom. The average molecular weight is 372 g/mol. The predicted molar refractivity (Wildman–Crippen MR) is 89.2 cm³/mol. The fourth-order valence-electron chi connectivity index (χ4n) is 2.17. The predicted octanol–water partition coefficient (Wildman–Crippen LogP) is 3.23. The van der Waals surface area contributed by atoms with Crippen LogP contribution < -0.4 is 5.32 Å². The summed E-state index contributed by atoms with van der Waals surface area (Å²) in [6.07, 6.45) is -4.57. The molecule has 9 heteroatoms. The molecule has 0 bridgehead atoms. The van der Waals surface area contributed by atoms with Gasteiger partial charge in [-0.05, 0) is 18.4 Å². The maximum atomic E-state index is 12.7. The molecule has 1 N–H and O–H groups in total. The lowest BCUT2D eigenvalue weighted by molar-refractivity contribution is -0.147. The third kappa shape index (κ3) is 4.97. The molecular formula is C16H19F3N4OS. The molecule has 0 aliphatic heterocycles. The molecule has 0 fully saturated rings. The highest BCUT2D eigenvalue weighted by Gasteiger charge is 2.37. The van der Waals surface area contributed by atoms with E-state index < -0.39 is 17.3 Å². The first kappa shape index (κ1) is 19.3. The number of nitrogens with zero attached hydrogens (tertiary/aromatic N) is 3. The number of hydrogen-bond donors (Lipinski definition) is 1. The van der Waals surface area contributed by atoms with Crippen molar-refractivity contribution >= 4 is 17.7 Å². The zero-order valence-electron chi connectivity index (χ0n) is 14.0. The summed E-state index contributed by atoms with van der Waals surface area (Å²) in [5.74, 6) is -1.21. The molecule has 25 heavy (non-hydrogen) atoms. The fraction of sp³-hybridized carbons (Fsp3) is 0.438. The third-order valence-corrected chi connectivity index (χ3v) is 4.82. The number of carbonyl (C=O) groups is 1. The van der Waals surface area contributed by atoms with Gasteiger partial charge in [0, 0.05) is 13.6 Å². The fourth-order valence-corrected chi connectivity index (χ4v) is 3.01. The maximum Gasteiger partial charge on any atom is 0.451 e. The van der Waals surface area contributed by atoms with Gasteiger partial charge in [-0.15, -0.1) is 10.2 Å². The van der Waals surface area contributed by atoms with Crippen molar-refractivity contribution in [3.8, 4) is 0 Å². The topological polar surface area (TPSA) is 59.8 Å². The number of halogens is 3. The van der Waals surface area contributed by atoms with Crippen molar-refractivity contribution in [2.45, 2.75) is 36.3 Å². The number of carbonyl (C=O) groups excluding carboxylic acids is 1. The van der Waals surface area contributed by atoms with Crippen LogP contribution in [-0.4, -0.2) is 32.5 Å². The Kier molecular flexibility index (Phi) is 6.10. The second-order valence-corrected chi connectivity index (χ2v) is 6.99. The first-order chi connectivity index (χ1) is 11.7. The molecule has 5 nitrogen and oxygen atoms in total. The molecule has 2 atom stereocenters. The molecule has 2 rings (SSSR count). The van der Waals surface area contributed by atoms with Gasteiger partial charge in [0.15, 0.2) is 5.16 Å². The van der Waals surface area contributed by atoms with Gasteiger partial charge in [-0.1, -0.05) is 49.0 Å². The minimum Gasteiger partial charge on any atom is -0.355 e. The van der Waals surface area contributed by atoms with E-state index in [1.54, 1.807) is 6.92 Å². The van der Waals surface area contributed by atoms with Crippen LogP contribution in [0.4, 0.5) is 13.2 Å². The number of aromatic nitrogens is 3. The lowest BCUT2D eigenvalue weighted by Crippen LogP contribution is -2.33. The van der Waals surface area contributed by atoms with Gasteiger partial charge < -0.3 is 9.88 Å². The van der Waals surface area contributed by atoms with E-state index in [-0.39, 0.29) is 17.0 Å². The normalized spacial score (nSPS) is 14.2. The van der Waals surface area contributed by atoms with Crippen LogP contribution in [0.2, 0.25) is 0 Å². The highest BCUT2D eigenvalue weighted by Crippen LogP contribution is 2.30. The van der Waals surface area contributed by atoms with Crippen LogP contribution in [-0.2, 0) is 18.0 Å². The zero-order valence-corrected chi connectivity index (χ0v) is 14.9. The number of hydrogen-bond acceptors (Lipinski definition) is 4. The molecule has 0 aliphatic carbocycles. The van der Waals surface area contributed by atoms with Gasteiger partial charge in [0.2, 0.25) is 11.7 Å². The number of thioether (sulfide) groups is 1. The highest BCUT2D eigenvalue weighted by molar-refractivity contribution is 8.00. The SMILES string of the molecule is CC(Sc1nnc(C(F)(F)F)n1C)C(=O)NCC(C)c1ccccc1. The maximum absolute atomic E-state index is 12.7. The Balaban J connectivity index is 1.92. The molecule has 0 saturated heterocycles. The summed E-state index contributed by atoms with van der Waals surface area (Å²) in [4.78, 5) is 12.2. The van der Waals surface area contributed by atoms with Crippen LogP contribution in [0.15, 0.2) is 35.5 Å². The lowest BCUT2D eigenvalue weighted by atomic mass is 10.0. The van der Waals surface area contributed by atoms with Crippen LogP contribution in [0.25, 0.3) is 0 Å². The van der Waals surface area contributed by atoms with Gasteiger partial charge in [0.1, 0.15) is 0 Å². The van der Waals surface area contributed by atoms with Gasteiger partial charge in [0.25, 0.3) is 0 Å². The Labute approximate surface area is 148 Å². The van der Waals surface area contributed by atoms with E-state index in [9.17, 15) is 18.0 Å². The number of rotatable bonds is 6. The number of benzene rings is 1. The van der Waals surface area contributed by atoms with Crippen molar-refractivity contribution in [2.75, 3.05) is 6.54 Å².